The standard InChI is InChI=1S/C21H28N4O4S/c1-13(2)25-20(29)18-14-5-3-4-6-15(14)30-19(18)22-21(25)24-11-9-23(10-12-24)16(26)7-8-17(27)28/h13H,3-12H2,1-2H3,(H,27,28). The molecular weight excluding hydrogens is 404 g/mol. The van der Waals surface area contributed by atoms with Crippen LogP contribution >= 0.6 is 11.3 Å². The predicted molar refractivity (Wildman–Crippen MR) is 117 cm³/mol. The third-order valence-corrected chi connectivity index (χ3v) is 7.17. The molecule has 1 fully saturated rings. The summed E-state index contributed by atoms with van der Waals surface area (Å²) in [5.41, 5.74) is 1.25. The maximum Gasteiger partial charge on any atom is 0.303 e. The van der Waals surface area contributed by atoms with Crippen LogP contribution in [-0.2, 0) is 22.4 Å². The Balaban J connectivity index is 1.61. The normalized spacial score (nSPS) is 16.9. The van der Waals surface area contributed by atoms with Gasteiger partial charge in [0.05, 0.1) is 11.8 Å². The van der Waals surface area contributed by atoms with Crippen LogP contribution in [-0.4, -0.2) is 57.6 Å². The first-order chi connectivity index (χ1) is 14.4. The van der Waals surface area contributed by atoms with Crippen molar-refractivity contribution in [2.45, 2.75) is 58.4 Å². The van der Waals surface area contributed by atoms with Crippen LogP contribution in [0.15, 0.2) is 4.79 Å². The number of rotatable bonds is 5. The Bertz CT molecular complexity index is 1030. The number of fused-ring (bicyclic) bond motifs is 3. The zero-order valence-corrected chi connectivity index (χ0v) is 18.3. The maximum atomic E-state index is 13.5. The van der Waals surface area contributed by atoms with Crippen molar-refractivity contribution in [1.82, 2.24) is 14.5 Å². The number of aliphatic carboxylic acids is 1. The third kappa shape index (κ3) is 3.82. The van der Waals surface area contributed by atoms with Crippen LogP contribution in [0, 0.1) is 0 Å². The number of piperazine rings is 1. The minimum Gasteiger partial charge on any atom is -0.481 e. The van der Waals surface area contributed by atoms with Gasteiger partial charge in [-0.3, -0.25) is 19.0 Å². The smallest absolute Gasteiger partial charge is 0.303 e. The molecule has 0 unspecified atom stereocenters. The van der Waals surface area contributed by atoms with Gasteiger partial charge in [0.2, 0.25) is 11.9 Å². The second kappa shape index (κ2) is 8.37. The summed E-state index contributed by atoms with van der Waals surface area (Å²) < 4.78 is 1.80. The number of hydrogen-bond acceptors (Lipinski definition) is 6. The molecule has 0 saturated carbocycles. The Hall–Kier alpha value is -2.42. The fourth-order valence-electron chi connectivity index (χ4n) is 4.42. The molecule has 2 aromatic rings. The second-order valence-electron chi connectivity index (χ2n) is 8.33. The molecule has 1 N–H and O–H groups in total. The van der Waals surface area contributed by atoms with Crippen molar-refractivity contribution in [2.75, 3.05) is 31.1 Å². The Morgan fingerprint density at radius 3 is 2.47 bits per heavy atom. The number of thiophene rings is 1. The zero-order chi connectivity index (χ0) is 21.4. The number of aromatic nitrogens is 2. The van der Waals surface area contributed by atoms with Gasteiger partial charge in [-0.05, 0) is 45.1 Å². The predicted octanol–water partition coefficient (Wildman–Crippen LogP) is 2.43. The summed E-state index contributed by atoms with van der Waals surface area (Å²) in [7, 11) is 0. The lowest BCUT2D eigenvalue weighted by molar-refractivity contribution is -0.141. The number of hydrogen-bond donors (Lipinski definition) is 1. The van der Waals surface area contributed by atoms with E-state index in [1.165, 1.54) is 16.9 Å². The molecule has 9 heteroatoms. The number of anilines is 1. The lowest BCUT2D eigenvalue weighted by Gasteiger charge is -2.36. The van der Waals surface area contributed by atoms with E-state index in [1.54, 1.807) is 20.8 Å². The van der Waals surface area contributed by atoms with Crippen molar-refractivity contribution in [1.29, 1.82) is 0 Å². The number of carbonyl (C=O) groups is 2. The molecule has 0 radical (unpaired) electrons. The summed E-state index contributed by atoms with van der Waals surface area (Å²) in [5, 5.41) is 9.59. The first-order valence-electron chi connectivity index (χ1n) is 10.7. The molecule has 2 aromatic heterocycles. The Morgan fingerprint density at radius 1 is 1.10 bits per heavy atom. The van der Waals surface area contributed by atoms with Crippen molar-refractivity contribution in [3.8, 4) is 0 Å². The highest BCUT2D eigenvalue weighted by molar-refractivity contribution is 7.18. The van der Waals surface area contributed by atoms with Gasteiger partial charge >= 0.3 is 5.97 Å². The van der Waals surface area contributed by atoms with Crippen molar-refractivity contribution >= 4 is 39.4 Å². The summed E-state index contributed by atoms with van der Waals surface area (Å²) in [6, 6.07) is -0.0150. The molecular formula is C21H28N4O4S. The van der Waals surface area contributed by atoms with Crippen molar-refractivity contribution < 1.29 is 14.7 Å². The number of amides is 1. The van der Waals surface area contributed by atoms with E-state index >= 15 is 0 Å². The van der Waals surface area contributed by atoms with Crippen molar-refractivity contribution in [3.63, 3.8) is 0 Å². The average Bonchev–Trinajstić information content (AvgIpc) is 3.10. The van der Waals surface area contributed by atoms with Gasteiger partial charge in [-0.15, -0.1) is 11.3 Å². The average molecular weight is 433 g/mol. The van der Waals surface area contributed by atoms with Crippen molar-refractivity contribution in [2.24, 2.45) is 0 Å². The summed E-state index contributed by atoms with van der Waals surface area (Å²) in [4.78, 5) is 47.3. The van der Waals surface area contributed by atoms with Gasteiger partial charge in [0.15, 0.2) is 0 Å². The Morgan fingerprint density at radius 2 is 1.80 bits per heavy atom. The lowest BCUT2D eigenvalue weighted by Crippen LogP contribution is -2.50. The van der Waals surface area contributed by atoms with E-state index in [9.17, 15) is 14.4 Å². The summed E-state index contributed by atoms with van der Waals surface area (Å²) >= 11 is 1.66. The van der Waals surface area contributed by atoms with Crippen LogP contribution in [0.5, 0.6) is 0 Å². The first kappa shape index (κ1) is 20.8. The fraction of sp³-hybridized carbons (Fsp3) is 0.619. The number of carbonyl (C=O) groups excluding carboxylic acids is 1. The Kier molecular flexibility index (Phi) is 5.81. The van der Waals surface area contributed by atoms with E-state index in [0.717, 1.165) is 29.5 Å². The molecule has 1 aliphatic carbocycles. The van der Waals surface area contributed by atoms with E-state index in [1.807, 2.05) is 13.8 Å². The van der Waals surface area contributed by atoms with E-state index in [2.05, 4.69) is 4.90 Å². The molecule has 2 aliphatic rings. The van der Waals surface area contributed by atoms with Gasteiger partial charge in [-0.2, -0.15) is 0 Å². The van der Waals surface area contributed by atoms with E-state index in [-0.39, 0.29) is 30.3 Å². The van der Waals surface area contributed by atoms with Gasteiger partial charge < -0.3 is 14.9 Å². The number of carboxylic acids is 1. The van der Waals surface area contributed by atoms with Crippen LogP contribution in [0.3, 0.4) is 0 Å². The maximum absolute atomic E-state index is 13.5. The van der Waals surface area contributed by atoms with Gasteiger partial charge in [0.1, 0.15) is 4.83 Å². The molecule has 1 saturated heterocycles. The SMILES string of the molecule is CC(C)n1c(N2CCN(C(=O)CCC(=O)O)CC2)nc2sc3c(c2c1=O)CCCC3. The van der Waals surface area contributed by atoms with E-state index in [4.69, 9.17) is 10.1 Å². The molecule has 1 aliphatic heterocycles. The monoisotopic (exact) mass is 432 g/mol. The summed E-state index contributed by atoms with van der Waals surface area (Å²) in [6.07, 6.45) is 4.16. The molecule has 3 heterocycles. The fourth-order valence-corrected chi connectivity index (χ4v) is 5.67. The van der Waals surface area contributed by atoms with E-state index < -0.39 is 5.97 Å². The minimum atomic E-state index is -0.959. The molecule has 4 rings (SSSR count). The molecule has 0 bridgehead atoms. The largest absolute Gasteiger partial charge is 0.481 e. The molecule has 162 valence electrons. The molecule has 1 amide bonds. The molecule has 0 spiro atoms. The molecule has 30 heavy (non-hydrogen) atoms. The highest BCUT2D eigenvalue weighted by Crippen LogP contribution is 2.35. The van der Waals surface area contributed by atoms with Crippen molar-refractivity contribution in [3.05, 3.63) is 20.8 Å². The highest BCUT2D eigenvalue weighted by atomic mass is 32.1. The summed E-state index contributed by atoms with van der Waals surface area (Å²) in [6.45, 7) is 6.17. The third-order valence-electron chi connectivity index (χ3n) is 5.99. The van der Waals surface area contributed by atoms with Crippen LogP contribution in [0.2, 0.25) is 0 Å². The lowest BCUT2D eigenvalue weighted by atomic mass is 9.97. The molecule has 8 nitrogen and oxygen atoms in total. The van der Waals surface area contributed by atoms with Gasteiger partial charge in [0.25, 0.3) is 5.56 Å². The topological polar surface area (TPSA) is 95.7 Å². The van der Waals surface area contributed by atoms with E-state index in [0.29, 0.717) is 32.1 Å². The van der Waals surface area contributed by atoms with Crippen LogP contribution in [0.25, 0.3) is 10.2 Å². The highest BCUT2D eigenvalue weighted by Gasteiger charge is 2.28. The van der Waals surface area contributed by atoms with Crippen LogP contribution in [0.4, 0.5) is 5.95 Å². The number of nitrogens with zero attached hydrogens (tertiary/aromatic N) is 4. The second-order valence-corrected chi connectivity index (χ2v) is 9.42. The first-order valence-corrected chi connectivity index (χ1v) is 11.5. The number of carboxylic acid groups (broad SMARTS) is 1. The summed E-state index contributed by atoms with van der Waals surface area (Å²) in [5.74, 6) is -0.412. The van der Waals surface area contributed by atoms with Gasteiger partial charge in [-0.1, -0.05) is 0 Å². The Labute approximate surface area is 179 Å². The quantitative estimate of drug-likeness (QED) is 0.780. The van der Waals surface area contributed by atoms with Crippen LogP contribution in [0.1, 0.15) is 56.0 Å². The molecule has 0 aromatic carbocycles. The minimum absolute atomic E-state index is 0.0150. The van der Waals surface area contributed by atoms with Gasteiger partial charge in [0, 0.05) is 43.5 Å². The molecule has 0 atom stereocenters. The zero-order valence-electron chi connectivity index (χ0n) is 17.5. The van der Waals surface area contributed by atoms with Crippen LogP contribution < -0.4 is 10.5 Å². The van der Waals surface area contributed by atoms with Gasteiger partial charge in [-0.25, -0.2) is 4.98 Å². The number of aryl methyl sites for hydroxylation is 2.